The fourth-order valence-electron chi connectivity index (χ4n) is 3.67. The minimum atomic E-state index is 0.872. The summed E-state index contributed by atoms with van der Waals surface area (Å²) in [6.07, 6.45) is 4.98. The molecule has 3 aromatic rings. The zero-order valence-electron chi connectivity index (χ0n) is 17.1. The molecule has 0 saturated carbocycles. The van der Waals surface area contributed by atoms with Crippen LogP contribution in [0.15, 0.2) is 30.5 Å². The molecule has 0 radical (unpaired) electrons. The lowest BCUT2D eigenvalue weighted by Gasteiger charge is -2.23. The van der Waals surface area contributed by atoms with Crippen LogP contribution in [0.2, 0.25) is 0 Å². The number of hydrogen-bond acceptors (Lipinski definition) is 4. The summed E-state index contributed by atoms with van der Waals surface area (Å²) in [6.45, 7) is 10.7. The largest absolute Gasteiger partial charge is 0.497 e. The Hall–Kier alpha value is -2.56. The van der Waals surface area contributed by atoms with Crippen LogP contribution in [0.5, 0.6) is 5.75 Å². The Bertz CT molecular complexity index is 910. The Morgan fingerprint density at radius 3 is 2.37 bits per heavy atom. The highest BCUT2D eigenvalue weighted by Gasteiger charge is 2.20. The molecule has 144 valence electrons. The number of ether oxygens (including phenoxy) is 1. The third-order valence-electron chi connectivity index (χ3n) is 4.91. The first-order valence-electron chi connectivity index (χ1n) is 9.91. The van der Waals surface area contributed by atoms with Crippen LogP contribution in [-0.4, -0.2) is 34.8 Å². The van der Waals surface area contributed by atoms with Crippen LogP contribution in [-0.2, 0) is 6.42 Å². The molecule has 0 atom stereocenters. The third-order valence-corrected chi connectivity index (χ3v) is 4.91. The van der Waals surface area contributed by atoms with Gasteiger partial charge in [0, 0.05) is 24.8 Å². The van der Waals surface area contributed by atoms with E-state index in [2.05, 4.69) is 55.9 Å². The third kappa shape index (κ3) is 3.64. The van der Waals surface area contributed by atoms with Crippen molar-refractivity contribution in [3.63, 3.8) is 0 Å². The molecular weight excluding hydrogens is 336 g/mol. The maximum Gasteiger partial charge on any atom is 0.164 e. The van der Waals surface area contributed by atoms with E-state index in [-0.39, 0.29) is 0 Å². The van der Waals surface area contributed by atoms with Gasteiger partial charge in [-0.1, -0.05) is 26.8 Å². The minimum Gasteiger partial charge on any atom is -0.497 e. The molecule has 0 fully saturated rings. The summed E-state index contributed by atoms with van der Waals surface area (Å²) in [5.74, 6) is 2.01. The van der Waals surface area contributed by atoms with E-state index < -0.39 is 0 Å². The molecule has 0 aliphatic heterocycles. The Morgan fingerprint density at radius 2 is 1.78 bits per heavy atom. The molecule has 5 heteroatoms. The molecule has 1 aromatic carbocycles. The zero-order chi connectivity index (χ0) is 19.4. The van der Waals surface area contributed by atoms with Gasteiger partial charge < -0.3 is 9.64 Å². The highest BCUT2D eigenvalue weighted by Crippen LogP contribution is 2.32. The molecule has 0 saturated heterocycles. The van der Waals surface area contributed by atoms with Gasteiger partial charge in [0.1, 0.15) is 5.75 Å². The van der Waals surface area contributed by atoms with E-state index in [9.17, 15) is 0 Å². The first-order chi connectivity index (χ1) is 13.1. The molecule has 0 aliphatic carbocycles. The molecule has 2 aromatic heterocycles. The van der Waals surface area contributed by atoms with Gasteiger partial charge in [0.15, 0.2) is 11.5 Å². The number of rotatable bonds is 8. The van der Waals surface area contributed by atoms with Crippen LogP contribution in [0.1, 0.15) is 44.9 Å². The number of anilines is 1. The van der Waals surface area contributed by atoms with Gasteiger partial charge in [-0.15, -0.1) is 0 Å². The van der Waals surface area contributed by atoms with Crippen molar-refractivity contribution in [2.45, 2.75) is 47.0 Å². The SMILES string of the molecule is CCCN(CCC)c1c(CC)nc2c(-c3ccc(OC)cc3C)ccnn12. The van der Waals surface area contributed by atoms with Crippen molar-refractivity contribution >= 4 is 11.5 Å². The van der Waals surface area contributed by atoms with Crippen molar-refractivity contribution in [1.29, 1.82) is 0 Å². The van der Waals surface area contributed by atoms with Crippen molar-refractivity contribution in [3.05, 3.63) is 41.7 Å². The number of hydrogen-bond donors (Lipinski definition) is 0. The lowest BCUT2D eigenvalue weighted by Crippen LogP contribution is -2.27. The summed E-state index contributed by atoms with van der Waals surface area (Å²) >= 11 is 0. The molecule has 27 heavy (non-hydrogen) atoms. The summed E-state index contributed by atoms with van der Waals surface area (Å²) in [5, 5.41) is 4.67. The molecule has 0 bridgehead atoms. The average Bonchev–Trinajstić information content (AvgIpc) is 3.06. The summed E-state index contributed by atoms with van der Waals surface area (Å²) in [5.41, 5.74) is 5.49. The standard InChI is InChI=1S/C22H30N4O/c1-6-13-25(14-7-2)22-20(8-3)24-21-19(11-12-23-26(21)22)18-10-9-17(27-5)15-16(18)4/h9-12,15H,6-8,13-14H2,1-5H3. The molecule has 0 spiro atoms. The Labute approximate surface area is 162 Å². The van der Waals surface area contributed by atoms with E-state index in [1.54, 1.807) is 7.11 Å². The number of aromatic nitrogens is 3. The number of methoxy groups -OCH3 is 1. The molecule has 0 N–H and O–H groups in total. The van der Waals surface area contributed by atoms with Crippen molar-refractivity contribution in [1.82, 2.24) is 14.6 Å². The minimum absolute atomic E-state index is 0.872. The monoisotopic (exact) mass is 366 g/mol. The Balaban J connectivity index is 2.20. The van der Waals surface area contributed by atoms with Crippen LogP contribution >= 0.6 is 0 Å². The zero-order valence-corrected chi connectivity index (χ0v) is 17.1. The number of nitrogens with zero attached hydrogens (tertiary/aromatic N) is 4. The smallest absolute Gasteiger partial charge is 0.164 e. The molecule has 0 unspecified atom stereocenters. The van der Waals surface area contributed by atoms with Gasteiger partial charge in [0.25, 0.3) is 0 Å². The molecule has 5 nitrogen and oxygen atoms in total. The fraction of sp³-hybridized carbons (Fsp3) is 0.455. The molecule has 0 amide bonds. The maximum atomic E-state index is 5.36. The van der Waals surface area contributed by atoms with E-state index in [0.29, 0.717) is 0 Å². The summed E-state index contributed by atoms with van der Waals surface area (Å²) in [4.78, 5) is 7.43. The topological polar surface area (TPSA) is 42.7 Å². The lowest BCUT2D eigenvalue weighted by molar-refractivity contribution is 0.414. The van der Waals surface area contributed by atoms with E-state index in [0.717, 1.165) is 60.8 Å². The van der Waals surface area contributed by atoms with Gasteiger partial charge in [-0.25, -0.2) is 4.98 Å². The second-order valence-corrected chi connectivity index (χ2v) is 6.88. The van der Waals surface area contributed by atoms with E-state index in [4.69, 9.17) is 9.72 Å². The highest BCUT2D eigenvalue weighted by atomic mass is 16.5. The highest BCUT2D eigenvalue weighted by molar-refractivity contribution is 5.81. The van der Waals surface area contributed by atoms with Gasteiger partial charge in [0.05, 0.1) is 12.8 Å². The predicted octanol–water partition coefficient (Wildman–Crippen LogP) is 4.90. The number of imidazole rings is 1. The van der Waals surface area contributed by atoms with Crippen LogP contribution in [0.4, 0.5) is 5.82 Å². The molecular formula is C22H30N4O. The van der Waals surface area contributed by atoms with Crippen LogP contribution < -0.4 is 9.64 Å². The summed E-state index contributed by atoms with van der Waals surface area (Å²) in [7, 11) is 1.70. The fourth-order valence-corrected chi connectivity index (χ4v) is 3.67. The van der Waals surface area contributed by atoms with Crippen molar-refractivity contribution in [2.75, 3.05) is 25.1 Å². The average molecular weight is 367 g/mol. The van der Waals surface area contributed by atoms with Crippen LogP contribution in [0.3, 0.4) is 0 Å². The molecule has 0 aliphatic rings. The van der Waals surface area contributed by atoms with E-state index >= 15 is 0 Å². The lowest BCUT2D eigenvalue weighted by atomic mass is 10.0. The normalized spacial score (nSPS) is 11.1. The molecule has 2 heterocycles. The van der Waals surface area contributed by atoms with Gasteiger partial charge in [-0.3, -0.25) is 0 Å². The van der Waals surface area contributed by atoms with Crippen molar-refractivity contribution in [3.8, 4) is 16.9 Å². The first kappa shape index (κ1) is 19.2. The van der Waals surface area contributed by atoms with Gasteiger partial charge in [-0.05, 0) is 55.5 Å². The second-order valence-electron chi connectivity index (χ2n) is 6.88. The van der Waals surface area contributed by atoms with E-state index in [1.807, 2.05) is 16.8 Å². The quantitative estimate of drug-likeness (QED) is 0.568. The van der Waals surface area contributed by atoms with Gasteiger partial charge in [0.2, 0.25) is 0 Å². The van der Waals surface area contributed by atoms with Crippen molar-refractivity contribution in [2.24, 2.45) is 0 Å². The summed E-state index contributed by atoms with van der Waals surface area (Å²) < 4.78 is 7.39. The van der Waals surface area contributed by atoms with Crippen molar-refractivity contribution < 1.29 is 4.74 Å². The second kappa shape index (κ2) is 8.42. The van der Waals surface area contributed by atoms with Crippen LogP contribution in [0.25, 0.3) is 16.8 Å². The van der Waals surface area contributed by atoms with E-state index in [1.165, 1.54) is 11.1 Å². The number of benzene rings is 1. The maximum absolute atomic E-state index is 5.36. The van der Waals surface area contributed by atoms with Crippen LogP contribution in [0, 0.1) is 6.92 Å². The number of fused-ring (bicyclic) bond motifs is 1. The van der Waals surface area contributed by atoms with Gasteiger partial charge >= 0.3 is 0 Å². The summed E-state index contributed by atoms with van der Waals surface area (Å²) in [6, 6.07) is 8.24. The Kier molecular flexibility index (Phi) is 5.99. The Morgan fingerprint density at radius 1 is 1.04 bits per heavy atom. The number of aryl methyl sites for hydroxylation is 2. The first-order valence-corrected chi connectivity index (χ1v) is 9.91. The molecule has 3 rings (SSSR count). The predicted molar refractivity (Wildman–Crippen MR) is 112 cm³/mol. The van der Waals surface area contributed by atoms with Gasteiger partial charge in [-0.2, -0.15) is 9.61 Å².